The summed E-state index contributed by atoms with van der Waals surface area (Å²) in [5.41, 5.74) is 5.89. The highest BCUT2D eigenvalue weighted by Gasteiger charge is 2.17. The van der Waals surface area contributed by atoms with Crippen molar-refractivity contribution in [2.75, 3.05) is 18.1 Å². The van der Waals surface area contributed by atoms with Gasteiger partial charge in [0.25, 0.3) is 0 Å². The Morgan fingerprint density at radius 1 is 1.28 bits per heavy atom. The average Bonchev–Trinajstić information content (AvgIpc) is 2.19. The zero-order valence-electron chi connectivity index (χ0n) is 8.91. The number of rotatable bonds is 5. The number of hydrogen-bond donors (Lipinski definition) is 2. The Kier molecular flexibility index (Phi) is 4.72. The summed E-state index contributed by atoms with van der Waals surface area (Å²) in [4.78, 5) is -0.0255. The number of nitrogens with two attached hydrogens (primary N) is 1. The molecule has 102 valence electrons. The highest BCUT2D eigenvalue weighted by molar-refractivity contribution is 9.10. The van der Waals surface area contributed by atoms with Gasteiger partial charge in [-0.05, 0) is 34.1 Å². The van der Waals surface area contributed by atoms with Gasteiger partial charge in [0, 0.05) is 10.2 Å². The number of nitrogen functional groups attached to an aromatic ring is 1. The van der Waals surface area contributed by atoms with E-state index >= 15 is 0 Å². The maximum absolute atomic E-state index is 11.8. The van der Waals surface area contributed by atoms with E-state index in [1.807, 2.05) is 0 Å². The van der Waals surface area contributed by atoms with E-state index in [0.717, 1.165) is 0 Å². The van der Waals surface area contributed by atoms with Gasteiger partial charge in [-0.25, -0.2) is 12.6 Å². The van der Waals surface area contributed by atoms with Crippen molar-refractivity contribution >= 4 is 41.9 Å². The molecule has 0 atom stereocenters. The van der Waals surface area contributed by atoms with Crippen LogP contribution in [0.5, 0.6) is 0 Å². The quantitative estimate of drug-likeness (QED) is 0.583. The Hall–Kier alpha value is -0.680. The molecule has 0 aliphatic rings. The molecule has 0 amide bonds. The fourth-order valence-corrected chi connectivity index (χ4v) is 3.11. The van der Waals surface area contributed by atoms with Crippen LogP contribution in [0.1, 0.15) is 0 Å². The molecule has 1 rings (SSSR count). The molecule has 3 N–H and O–H groups in total. The summed E-state index contributed by atoms with van der Waals surface area (Å²) in [6.45, 7) is -0.664. The van der Waals surface area contributed by atoms with Crippen molar-refractivity contribution in [3.63, 3.8) is 0 Å². The van der Waals surface area contributed by atoms with E-state index in [4.69, 9.17) is 10.3 Å². The lowest BCUT2D eigenvalue weighted by Crippen LogP contribution is -2.15. The summed E-state index contributed by atoms with van der Waals surface area (Å²) >= 11 is 3.08. The van der Waals surface area contributed by atoms with Crippen LogP contribution in [0, 0.1) is 0 Å². The van der Waals surface area contributed by atoms with Crippen LogP contribution in [0.2, 0.25) is 0 Å². The molecule has 0 saturated heterocycles. The number of hydrogen-bond acceptors (Lipinski definition) is 6. The van der Waals surface area contributed by atoms with Crippen molar-refractivity contribution in [3.8, 4) is 0 Å². The molecule has 0 aliphatic carbocycles. The molecular formula is C8H10BrNO6S2. The van der Waals surface area contributed by atoms with Crippen LogP contribution in [0.25, 0.3) is 0 Å². The second-order valence-corrected chi connectivity index (χ2v) is 7.31. The Balaban J connectivity index is 2.84. The predicted molar refractivity (Wildman–Crippen MR) is 68.1 cm³/mol. The van der Waals surface area contributed by atoms with Crippen LogP contribution in [0.3, 0.4) is 0 Å². The Labute approximate surface area is 113 Å². The fraction of sp³-hybridized carbons (Fsp3) is 0.250. The van der Waals surface area contributed by atoms with Gasteiger partial charge in [-0.2, -0.15) is 8.42 Å². The Morgan fingerprint density at radius 3 is 2.39 bits per heavy atom. The third-order valence-corrected chi connectivity index (χ3v) is 4.74. The van der Waals surface area contributed by atoms with Crippen LogP contribution in [0.15, 0.2) is 27.6 Å². The largest absolute Gasteiger partial charge is 0.398 e. The molecule has 0 heterocycles. The van der Waals surface area contributed by atoms with Crippen molar-refractivity contribution in [2.45, 2.75) is 4.90 Å². The second kappa shape index (κ2) is 5.53. The zero-order chi connectivity index (χ0) is 14.0. The molecule has 0 radical (unpaired) electrons. The molecule has 0 spiro atoms. The van der Waals surface area contributed by atoms with Crippen LogP contribution in [0.4, 0.5) is 5.69 Å². The first-order chi connectivity index (χ1) is 8.12. The first kappa shape index (κ1) is 15.4. The topological polar surface area (TPSA) is 124 Å². The summed E-state index contributed by atoms with van der Waals surface area (Å²) < 4.78 is 56.7. The minimum atomic E-state index is -4.64. The molecule has 0 aromatic heterocycles. The lowest BCUT2D eigenvalue weighted by atomic mass is 10.3. The average molecular weight is 360 g/mol. The highest BCUT2D eigenvalue weighted by Crippen LogP contribution is 2.23. The van der Waals surface area contributed by atoms with Gasteiger partial charge in [0.1, 0.15) is 0 Å². The van der Waals surface area contributed by atoms with E-state index in [1.54, 1.807) is 0 Å². The third-order valence-electron chi connectivity index (χ3n) is 1.92. The van der Waals surface area contributed by atoms with E-state index in [9.17, 15) is 16.8 Å². The zero-order valence-corrected chi connectivity index (χ0v) is 12.1. The summed E-state index contributed by atoms with van der Waals surface area (Å²) in [7, 11) is -8.35. The number of sulfone groups is 1. The van der Waals surface area contributed by atoms with Gasteiger partial charge in [0.05, 0.1) is 17.3 Å². The molecular weight excluding hydrogens is 350 g/mol. The van der Waals surface area contributed by atoms with Crippen molar-refractivity contribution in [1.29, 1.82) is 0 Å². The normalized spacial score (nSPS) is 12.6. The fourth-order valence-electron chi connectivity index (χ4n) is 1.07. The summed E-state index contributed by atoms with van der Waals surface area (Å²) in [5, 5.41) is 0. The Morgan fingerprint density at radius 2 is 1.89 bits per heavy atom. The monoisotopic (exact) mass is 359 g/mol. The smallest absolute Gasteiger partial charge is 0.397 e. The maximum Gasteiger partial charge on any atom is 0.397 e. The number of anilines is 1. The molecule has 18 heavy (non-hydrogen) atoms. The molecule has 0 saturated carbocycles. The van der Waals surface area contributed by atoms with E-state index in [-0.39, 0.29) is 4.90 Å². The van der Waals surface area contributed by atoms with Crippen LogP contribution >= 0.6 is 15.9 Å². The lowest BCUT2D eigenvalue weighted by molar-refractivity contribution is 0.284. The van der Waals surface area contributed by atoms with Gasteiger partial charge in [-0.15, -0.1) is 0 Å². The van der Waals surface area contributed by atoms with E-state index in [1.165, 1.54) is 18.2 Å². The summed E-state index contributed by atoms with van der Waals surface area (Å²) in [6.07, 6.45) is 0. The number of benzene rings is 1. The lowest BCUT2D eigenvalue weighted by Gasteiger charge is -2.05. The minimum Gasteiger partial charge on any atom is -0.398 e. The molecule has 0 bridgehead atoms. The number of halogens is 1. The molecule has 0 fully saturated rings. The third kappa shape index (κ3) is 4.53. The van der Waals surface area contributed by atoms with Crippen molar-refractivity contribution in [3.05, 3.63) is 22.7 Å². The van der Waals surface area contributed by atoms with E-state index < -0.39 is 32.6 Å². The SMILES string of the molecule is Nc1ccc(S(=O)(=O)CCOS(=O)(=O)O)cc1Br. The summed E-state index contributed by atoms with van der Waals surface area (Å²) in [6, 6.07) is 4.00. The molecule has 0 aliphatic heterocycles. The maximum atomic E-state index is 11.8. The molecule has 10 heteroatoms. The van der Waals surface area contributed by atoms with Gasteiger partial charge in [0.2, 0.25) is 0 Å². The van der Waals surface area contributed by atoms with Crippen molar-refractivity contribution < 1.29 is 25.6 Å². The standard InChI is InChI=1S/C8H10BrNO6S2/c9-7-5-6(1-2-8(7)10)17(11,12)4-3-16-18(13,14)15/h1-2,5H,3-4,10H2,(H,13,14,15). The van der Waals surface area contributed by atoms with Gasteiger partial charge in [-0.1, -0.05) is 0 Å². The van der Waals surface area contributed by atoms with Crippen molar-refractivity contribution in [2.24, 2.45) is 0 Å². The van der Waals surface area contributed by atoms with Crippen LogP contribution in [-0.4, -0.2) is 33.7 Å². The molecule has 1 aromatic carbocycles. The van der Waals surface area contributed by atoms with Crippen LogP contribution < -0.4 is 5.73 Å². The first-order valence-electron chi connectivity index (χ1n) is 4.51. The first-order valence-corrected chi connectivity index (χ1v) is 8.32. The van der Waals surface area contributed by atoms with Gasteiger partial charge in [0.15, 0.2) is 9.84 Å². The molecule has 0 unspecified atom stereocenters. The van der Waals surface area contributed by atoms with Crippen molar-refractivity contribution in [1.82, 2.24) is 0 Å². The predicted octanol–water partition coefficient (Wildman–Crippen LogP) is 0.624. The highest BCUT2D eigenvalue weighted by atomic mass is 79.9. The van der Waals surface area contributed by atoms with E-state index in [0.29, 0.717) is 10.2 Å². The second-order valence-electron chi connectivity index (χ2n) is 3.25. The van der Waals surface area contributed by atoms with Gasteiger partial charge >= 0.3 is 10.4 Å². The molecule has 7 nitrogen and oxygen atoms in total. The van der Waals surface area contributed by atoms with Gasteiger partial charge < -0.3 is 5.73 Å². The van der Waals surface area contributed by atoms with Gasteiger partial charge in [-0.3, -0.25) is 4.55 Å². The molecule has 1 aromatic rings. The van der Waals surface area contributed by atoms with Crippen LogP contribution in [-0.2, 0) is 24.4 Å². The Bertz CT molecular complexity index is 640. The summed E-state index contributed by atoms with van der Waals surface area (Å²) in [5.74, 6) is -0.580. The van der Waals surface area contributed by atoms with E-state index in [2.05, 4.69) is 20.1 Å². The minimum absolute atomic E-state index is 0.0255.